The van der Waals surface area contributed by atoms with Gasteiger partial charge >= 0.3 is 0 Å². The van der Waals surface area contributed by atoms with Gasteiger partial charge in [0.15, 0.2) is 0 Å². The van der Waals surface area contributed by atoms with E-state index in [9.17, 15) is 4.79 Å². The van der Waals surface area contributed by atoms with Gasteiger partial charge in [0.2, 0.25) is 5.91 Å². The van der Waals surface area contributed by atoms with Crippen LogP contribution in [0.3, 0.4) is 0 Å². The summed E-state index contributed by atoms with van der Waals surface area (Å²) in [5.74, 6) is 0.192. The molecule has 0 bridgehead atoms. The summed E-state index contributed by atoms with van der Waals surface area (Å²) >= 11 is 0. The maximum atomic E-state index is 11.3. The quantitative estimate of drug-likeness (QED) is 0.755. The number of imidazole rings is 1. The monoisotopic (exact) mass is 209 g/mol. The average molecular weight is 209 g/mol. The Bertz CT molecular complexity index is 361. The minimum atomic E-state index is -0.00579. The van der Waals surface area contributed by atoms with Gasteiger partial charge in [-0.2, -0.15) is 0 Å². The second kappa shape index (κ2) is 4.02. The van der Waals surface area contributed by atoms with Crippen LogP contribution in [0, 0.1) is 0 Å². The normalized spacial score (nSPS) is 22.1. The van der Waals surface area contributed by atoms with E-state index in [0.29, 0.717) is 13.0 Å². The van der Waals surface area contributed by atoms with E-state index in [0.717, 1.165) is 12.1 Å². The Hall–Kier alpha value is -1.36. The summed E-state index contributed by atoms with van der Waals surface area (Å²) in [5, 5.41) is 9.11. The molecule has 82 valence electrons. The Morgan fingerprint density at radius 1 is 1.67 bits per heavy atom. The van der Waals surface area contributed by atoms with Gasteiger partial charge in [0.05, 0.1) is 30.9 Å². The standard InChI is InChI=1S/C10H15N3O2/c1-12-5-8(2-3-10(12)15)13-7-11-4-9(13)6-14/h4,7-8,14H,2-3,5-6H2,1H3. The molecule has 2 heterocycles. The van der Waals surface area contributed by atoms with Crippen molar-refractivity contribution in [1.82, 2.24) is 14.5 Å². The lowest BCUT2D eigenvalue weighted by atomic mass is 10.1. The maximum absolute atomic E-state index is 11.3. The molecule has 0 spiro atoms. The lowest BCUT2D eigenvalue weighted by Gasteiger charge is -2.31. The fourth-order valence-corrected chi connectivity index (χ4v) is 2.00. The molecule has 0 aliphatic carbocycles. The summed E-state index contributed by atoms with van der Waals surface area (Å²) in [6.07, 6.45) is 4.78. The minimum absolute atomic E-state index is 0.00579. The first-order valence-electron chi connectivity index (χ1n) is 5.08. The van der Waals surface area contributed by atoms with E-state index in [1.54, 1.807) is 17.4 Å². The summed E-state index contributed by atoms with van der Waals surface area (Å²) in [6.45, 7) is 0.691. The highest BCUT2D eigenvalue weighted by molar-refractivity contribution is 5.76. The molecule has 1 atom stereocenters. The molecular formula is C10H15N3O2. The van der Waals surface area contributed by atoms with Crippen molar-refractivity contribution in [3.05, 3.63) is 18.2 Å². The first-order chi connectivity index (χ1) is 7.22. The number of hydrogen-bond acceptors (Lipinski definition) is 3. The molecule has 1 aliphatic rings. The zero-order valence-electron chi connectivity index (χ0n) is 8.76. The van der Waals surface area contributed by atoms with E-state index in [4.69, 9.17) is 5.11 Å². The first-order valence-corrected chi connectivity index (χ1v) is 5.08. The van der Waals surface area contributed by atoms with Gasteiger partial charge in [-0.25, -0.2) is 4.98 Å². The molecule has 0 saturated carbocycles. The first kappa shape index (κ1) is 10.2. The Morgan fingerprint density at radius 2 is 2.47 bits per heavy atom. The number of aliphatic hydroxyl groups excluding tert-OH is 1. The topological polar surface area (TPSA) is 58.4 Å². The van der Waals surface area contributed by atoms with Crippen molar-refractivity contribution in [2.24, 2.45) is 0 Å². The molecule has 2 rings (SSSR count). The molecule has 0 aromatic carbocycles. The van der Waals surface area contributed by atoms with Crippen LogP contribution < -0.4 is 0 Å². The summed E-state index contributed by atoms with van der Waals surface area (Å²) in [4.78, 5) is 17.1. The number of carbonyl (C=O) groups excluding carboxylic acids is 1. The van der Waals surface area contributed by atoms with E-state index in [2.05, 4.69) is 4.98 Å². The van der Waals surface area contributed by atoms with E-state index in [1.165, 1.54) is 0 Å². The van der Waals surface area contributed by atoms with Crippen LogP contribution >= 0.6 is 0 Å². The summed E-state index contributed by atoms with van der Waals surface area (Å²) in [7, 11) is 1.81. The zero-order valence-corrected chi connectivity index (χ0v) is 8.76. The zero-order chi connectivity index (χ0) is 10.8. The van der Waals surface area contributed by atoms with E-state index < -0.39 is 0 Å². The summed E-state index contributed by atoms with van der Waals surface area (Å²) in [5.41, 5.74) is 0.808. The third-order valence-electron chi connectivity index (χ3n) is 2.90. The van der Waals surface area contributed by atoms with Gasteiger partial charge in [0, 0.05) is 20.0 Å². The second-order valence-corrected chi connectivity index (χ2v) is 3.92. The van der Waals surface area contributed by atoms with Crippen molar-refractivity contribution < 1.29 is 9.90 Å². The number of piperidine rings is 1. The van der Waals surface area contributed by atoms with Gasteiger partial charge < -0.3 is 14.6 Å². The second-order valence-electron chi connectivity index (χ2n) is 3.92. The number of likely N-dealkylation sites (tertiary alicyclic amines) is 1. The fraction of sp³-hybridized carbons (Fsp3) is 0.600. The number of likely N-dealkylation sites (N-methyl/N-ethyl adjacent to an activating group) is 1. The molecule has 1 aromatic rings. The number of amides is 1. The molecule has 1 unspecified atom stereocenters. The molecule has 1 aromatic heterocycles. The predicted octanol–water partition coefficient (Wildman–Crippen LogP) is 0.169. The molecule has 1 saturated heterocycles. The molecule has 5 nitrogen and oxygen atoms in total. The van der Waals surface area contributed by atoms with Crippen LogP contribution in [0.25, 0.3) is 0 Å². The average Bonchev–Trinajstić information content (AvgIpc) is 2.70. The van der Waals surface area contributed by atoms with Gasteiger partial charge in [0.1, 0.15) is 0 Å². The van der Waals surface area contributed by atoms with Gasteiger partial charge in [-0.15, -0.1) is 0 Å². The van der Waals surface area contributed by atoms with Crippen LogP contribution in [0.1, 0.15) is 24.6 Å². The highest BCUT2D eigenvalue weighted by Crippen LogP contribution is 2.22. The summed E-state index contributed by atoms with van der Waals surface area (Å²) < 4.78 is 1.96. The molecular weight excluding hydrogens is 194 g/mol. The SMILES string of the molecule is CN1CC(n2cncc2CO)CCC1=O. The summed E-state index contributed by atoms with van der Waals surface area (Å²) in [6, 6.07) is 0.248. The number of nitrogens with zero attached hydrogens (tertiary/aromatic N) is 3. The van der Waals surface area contributed by atoms with E-state index in [-0.39, 0.29) is 18.6 Å². The van der Waals surface area contributed by atoms with Gasteiger partial charge in [0.25, 0.3) is 0 Å². The number of aliphatic hydroxyl groups is 1. The van der Waals surface area contributed by atoms with Crippen LogP contribution in [0.4, 0.5) is 0 Å². The van der Waals surface area contributed by atoms with E-state index >= 15 is 0 Å². The Balaban J connectivity index is 2.15. The van der Waals surface area contributed by atoms with Crippen LogP contribution in [-0.4, -0.2) is 39.1 Å². The molecule has 1 aliphatic heterocycles. The van der Waals surface area contributed by atoms with Crippen molar-refractivity contribution in [3.63, 3.8) is 0 Å². The van der Waals surface area contributed by atoms with E-state index in [1.807, 2.05) is 11.6 Å². The number of hydrogen-bond donors (Lipinski definition) is 1. The lowest BCUT2D eigenvalue weighted by molar-refractivity contribution is -0.132. The molecule has 5 heteroatoms. The van der Waals surface area contributed by atoms with Crippen molar-refractivity contribution in [1.29, 1.82) is 0 Å². The van der Waals surface area contributed by atoms with Gasteiger partial charge in [-0.3, -0.25) is 4.79 Å². The minimum Gasteiger partial charge on any atom is -0.390 e. The predicted molar refractivity (Wildman–Crippen MR) is 54.1 cm³/mol. The van der Waals surface area contributed by atoms with Crippen LogP contribution in [0.15, 0.2) is 12.5 Å². The number of rotatable bonds is 2. The van der Waals surface area contributed by atoms with Crippen LogP contribution in [0.5, 0.6) is 0 Å². The van der Waals surface area contributed by atoms with Crippen LogP contribution in [0.2, 0.25) is 0 Å². The molecule has 1 N–H and O–H groups in total. The highest BCUT2D eigenvalue weighted by Gasteiger charge is 2.24. The Kier molecular flexibility index (Phi) is 2.73. The van der Waals surface area contributed by atoms with Crippen LogP contribution in [-0.2, 0) is 11.4 Å². The molecule has 15 heavy (non-hydrogen) atoms. The van der Waals surface area contributed by atoms with Crippen molar-refractivity contribution in [3.8, 4) is 0 Å². The van der Waals surface area contributed by atoms with Gasteiger partial charge in [-0.1, -0.05) is 0 Å². The van der Waals surface area contributed by atoms with Crippen molar-refractivity contribution in [2.75, 3.05) is 13.6 Å². The Morgan fingerprint density at radius 3 is 3.13 bits per heavy atom. The molecule has 1 fully saturated rings. The Labute approximate surface area is 88.3 Å². The maximum Gasteiger partial charge on any atom is 0.222 e. The van der Waals surface area contributed by atoms with Crippen molar-refractivity contribution >= 4 is 5.91 Å². The van der Waals surface area contributed by atoms with Crippen molar-refractivity contribution in [2.45, 2.75) is 25.5 Å². The number of aromatic nitrogens is 2. The fourth-order valence-electron chi connectivity index (χ4n) is 2.00. The largest absolute Gasteiger partial charge is 0.390 e. The smallest absolute Gasteiger partial charge is 0.222 e. The third-order valence-corrected chi connectivity index (χ3v) is 2.90. The lowest BCUT2D eigenvalue weighted by Crippen LogP contribution is -2.38. The highest BCUT2D eigenvalue weighted by atomic mass is 16.3. The molecule has 0 radical (unpaired) electrons. The third kappa shape index (κ3) is 1.87. The van der Waals surface area contributed by atoms with Gasteiger partial charge in [-0.05, 0) is 6.42 Å². The molecule has 1 amide bonds. The number of carbonyl (C=O) groups is 1.